The number of amides is 1. The summed E-state index contributed by atoms with van der Waals surface area (Å²) in [7, 11) is 0. The molecule has 0 aliphatic heterocycles. The third kappa shape index (κ3) is 4.35. The van der Waals surface area contributed by atoms with Crippen LogP contribution < -0.4 is 10.6 Å². The lowest BCUT2D eigenvalue weighted by molar-refractivity contribution is -0.112. The Hall–Kier alpha value is -2.77. The zero-order chi connectivity index (χ0) is 16.7. The molecule has 0 heterocycles. The van der Waals surface area contributed by atoms with Crippen LogP contribution in [0, 0.1) is 11.3 Å². The maximum absolute atomic E-state index is 12.2. The molecule has 0 aliphatic rings. The highest BCUT2D eigenvalue weighted by Crippen LogP contribution is 2.21. The fourth-order valence-corrected chi connectivity index (χ4v) is 2.20. The summed E-state index contributed by atoms with van der Waals surface area (Å²) < 4.78 is 0. The van der Waals surface area contributed by atoms with Gasteiger partial charge in [0.15, 0.2) is 0 Å². The van der Waals surface area contributed by atoms with Crippen LogP contribution in [0.25, 0.3) is 0 Å². The molecule has 4 nitrogen and oxygen atoms in total. The van der Waals surface area contributed by atoms with Crippen molar-refractivity contribution in [3.8, 4) is 6.07 Å². The van der Waals surface area contributed by atoms with E-state index in [2.05, 4.69) is 10.6 Å². The normalized spacial score (nSPS) is 10.7. The zero-order valence-corrected chi connectivity index (χ0v) is 13.4. The van der Waals surface area contributed by atoms with Crippen LogP contribution in [0.15, 0.2) is 60.3 Å². The topological polar surface area (TPSA) is 64.9 Å². The Morgan fingerprint density at radius 1 is 1.17 bits per heavy atom. The van der Waals surface area contributed by atoms with E-state index >= 15 is 0 Å². The number of carbonyl (C=O) groups excluding carboxylic acids is 1. The molecular weight excluding hydrogens is 310 g/mol. The highest BCUT2D eigenvalue weighted by molar-refractivity contribution is 6.33. The number of nitrogens with zero attached hydrogens (tertiary/aromatic N) is 1. The van der Waals surface area contributed by atoms with E-state index in [0.29, 0.717) is 10.7 Å². The first-order valence-corrected chi connectivity index (χ1v) is 7.54. The Labute approximate surface area is 140 Å². The van der Waals surface area contributed by atoms with Gasteiger partial charge < -0.3 is 10.6 Å². The van der Waals surface area contributed by atoms with Crippen molar-refractivity contribution in [2.45, 2.75) is 13.3 Å². The van der Waals surface area contributed by atoms with Gasteiger partial charge in [-0.3, -0.25) is 4.79 Å². The van der Waals surface area contributed by atoms with E-state index in [0.717, 1.165) is 17.7 Å². The fourth-order valence-electron chi connectivity index (χ4n) is 2.02. The largest absolute Gasteiger partial charge is 0.360 e. The molecule has 2 aromatic rings. The van der Waals surface area contributed by atoms with Crippen molar-refractivity contribution >= 4 is 28.9 Å². The Balaban J connectivity index is 2.14. The standard InChI is InChI=1S/C18H16ClN3O/c1-2-13-7-3-5-9-16(13)21-12-14(11-20)18(23)22-17-10-6-4-8-15(17)19/h3-10,12,21H,2H2,1H3,(H,22,23)/b14-12-. The number of hydrogen-bond donors (Lipinski definition) is 2. The summed E-state index contributed by atoms with van der Waals surface area (Å²) in [6.45, 7) is 2.04. The molecule has 2 rings (SSSR count). The number of aryl methyl sites for hydroxylation is 1. The molecule has 0 atom stereocenters. The van der Waals surface area contributed by atoms with E-state index in [-0.39, 0.29) is 5.57 Å². The number of nitriles is 1. The predicted octanol–water partition coefficient (Wildman–Crippen LogP) is 4.36. The lowest BCUT2D eigenvalue weighted by Gasteiger charge is -2.09. The molecule has 0 radical (unpaired) electrons. The van der Waals surface area contributed by atoms with E-state index in [1.54, 1.807) is 24.3 Å². The van der Waals surface area contributed by atoms with Crippen molar-refractivity contribution < 1.29 is 4.79 Å². The third-order valence-corrected chi connectivity index (χ3v) is 3.59. The quantitative estimate of drug-likeness (QED) is 0.634. The summed E-state index contributed by atoms with van der Waals surface area (Å²) in [4.78, 5) is 12.2. The molecule has 0 aliphatic carbocycles. The molecule has 0 aromatic heterocycles. The van der Waals surface area contributed by atoms with Gasteiger partial charge >= 0.3 is 0 Å². The van der Waals surface area contributed by atoms with Gasteiger partial charge in [0, 0.05) is 11.9 Å². The number of benzene rings is 2. The van der Waals surface area contributed by atoms with Gasteiger partial charge in [-0.2, -0.15) is 5.26 Å². The lowest BCUT2D eigenvalue weighted by Crippen LogP contribution is -2.15. The van der Waals surface area contributed by atoms with Gasteiger partial charge in [-0.25, -0.2) is 0 Å². The maximum atomic E-state index is 12.2. The monoisotopic (exact) mass is 325 g/mol. The summed E-state index contributed by atoms with van der Waals surface area (Å²) in [6.07, 6.45) is 2.26. The van der Waals surface area contributed by atoms with E-state index in [1.807, 2.05) is 37.3 Å². The van der Waals surface area contributed by atoms with E-state index < -0.39 is 5.91 Å². The smallest absolute Gasteiger partial charge is 0.267 e. The maximum Gasteiger partial charge on any atom is 0.267 e. The second-order valence-corrected chi connectivity index (χ2v) is 5.17. The molecule has 0 bridgehead atoms. The molecule has 0 saturated heterocycles. The van der Waals surface area contributed by atoms with Crippen LogP contribution in [-0.2, 0) is 11.2 Å². The second-order valence-electron chi connectivity index (χ2n) is 4.76. The summed E-state index contributed by atoms with van der Waals surface area (Å²) >= 11 is 6.00. The van der Waals surface area contributed by atoms with E-state index in [9.17, 15) is 10.1 Å². The highest BCUT2D eigenvalue weighted by Gasteiger charge is 2.11. The van der Waals surface area contributed by atoms with E-state index in [1.165, 1.54) is 6.20 Å². The Bertz CT molecular complexity index is 778. The first-order chi connectivity index (χ1) is 11.2. The van der Waals surface area contributed by atoms with Gasteiger partial charge in [0.2, 0.25) is 0 Å². The van der Waals surface area contributed by atoms with Crippen LogP contribution in [0.2, 0.25) is 5.02 Å². The molecule has 0 fully saturated rings. The van der Waals surface area contributed by atoms with Gasteiger partial charge in [-0.1, -0.05) is 48.9 Å². The molecular formula is C18H16ClN3O. The SMILES string of the molecule is CCc1ccccc1N/C=C(/C#N)C(=O)Nc1ccccc1Cl. The van der Waals surface area contributed by atoms with Crippen LogP contribution in [0.1, 0.15) is 12.5 Å². The molecule has 0 saturated carbocycles. The molecule has 5 heteroatoms. The number of hydrogen-bond acceptors (Lipinski definition) is 3. The van der Waals surface area contributed by atoms with Crippen molar-refractivity contribution in [2.24, 2.45) is 0 Å². The number of para-hydroxylation sites is 2. The third-order valence-electron chi connectivity index (χ3n) is 3.26. The average molecular weight is 326 g/mol. The molecule has 0 unspecified atom stereocenters. The van der Waals surface area contributed by atoms with Gasteiger partial charge in [-0.15, -0.1) is 0 Å². The van der Waals surface area contributed by atoms with Crippen molar-refractivity contribution in [1.82, 2.24) is 0 Å². The minimum Gasteiger partial charge on any atom is -0.360 e. The van der Waals surface area contributed by atoms with Gasteiger partial charge in [0.25, 0.3) is 5.91 Å². The van der Waals surface area contributed by atoms with Crippen molar-refractivity contribution in [1.29, 1.82) is 5.26 Å². The van der Waals surface area contributed by atoms with E-state index in [4.69, 9.17) is 11.6 Å². The Morgan fingerprint density at radius 2 is 1.83 bits per heavy atom. The Morgan fingerprint density at radius 3 is 2.48 bits per heavy atom. The van der Waals surface area contributed by atoms with Crippen molar-refractivity contribution in [2.75, 3.05) is 10.6 Å². The van der Waals surface area contributed by atoms with Gasteiger partial charge in [-0.05, 0) is 30.2 Å². The average Bonchev–Trinajstić information content (AvgIpc) is 2.58. The first-order valence-electron chi connectivity index (χ1n) is 7.16. The van der Waals surface area contributed by atoms with Crippen LogP contribution >= 0.6 is 11.6 Å². The molecule has 0 spiro atoms. The van der Waals surface area contributed by atoms with Gasteiger partial charge in [0.1, 0.15) is 11.6 Å². The van der Waals surface area contributed by atoms with Crippen molar-refractivity contribution in [3.05, 3.63) is 70.9 Å². The summed E-state index contributed by atoms with van der Waals surface area (Å²) in [5.41, 5.74) is 2.41. The number of anilines is 2. The predicted molar refractivity (Wildman–Crippen MR) is 93.2 cm³/mol. The zero-order valence-electron chi connectivity index (χ0n) is 12.6. The second kappa shape index (κ2) is 8.02. The first kappa shape index (κ1) is 16.6. The highest BCUT2D eigenvalue weighted by atomic mass is 35.5. The summed E-state index contributed by atoms with van der Waals surface area (Å²) in [5.74, 6) is -0.512. The van der Waals surface area contributed by atoms with Gasteiger partial charge in [0.05, 0.1) is 10.7 Å². The fraction of sp³-hybridized carbons (Fsp3) is 0.111. The minimum atomic E-state index is -0.512. The van der Waals surface area contributed by atoms with Crippen LogP contribution in [-0.4, -0.2) is 5.91 Å². The summed E-state index contributed by atoms with van der Waals surface area (Å²) in [5, 5.41) is 15.3. The van der Waals surface area contributed by atoms with Crippen LogP contribution in [0.5, 0.6) is 0 Å². The molecule has 1 amide bonds. The molecule has 23 heavy (non-hydrogen) atoms. The molecule has 2 N–H and O–H groups in total. The molecule has 116 valence electrons. The number of nitrogens with one attached hydrogen (secondary N) is 2. The Kier molecular flexibility index (Phi) is 5.79. The van der Waals surface area contributed by atoms with Crippen molar-refractivity contribution in [3.63, 3.8) is 0 Å². The van der Waals surface area contributed by atoms with Crippen LogP contribution in [0.3, 0.4) is 0 Å². The summed E-state index contributed by atoms with van der Waals surface area (Å²) in [6, 6.07) is 16.5. The number of rotatable bonds is 5. The number of halogens is 1. The molecule has 2 aromatic carbocycles. The minimum absolute atomic E-state index is 0.0316. The lowest BCUT2D eigenvalue weighted by atomic mass is 10.1. The number of carbonyl (C=O) groups is 1. The van der Waals surface area contributed by atoms with Crippen LogP contribution in [0.4, 0.5) is 11.4 Å².